The summed E-state index contributed by atoms with van der Waals surface area (Å²) in [7, 11) is 0. The number of hydrogen-bond donors (Lipinski definition) is 3. The number of hydrogen-bond acceptors (Lipinski definition) is 10. The van der Waals surface area contributed by atoms with Gasteiger partial charge >= 0.3 is 0 Å². The Balaban J connectivity index is 1.88. The van der Waals surface area contributed by atoms with Crippen molar-refractivity contribution in [1.82, 2.24) is 9.58 Å². The zero-order chi connectivity index (χ0) is 27.4. The lowest BCUT2D eigenvalue weighted by Gasteiger charge is -2.21. The van der Waals surface area contributed by atoms with E-state index < -0.39 is 6.10 Å². The summed E-state index contributed by atoms with van der Waals surface area (Å²) in [6, 6.07) is 1.71. The van der Waals surface area contributed by atoms with E-state index in [1.165, 1.54) is 0 Å². The van der Waals surface area contributed by atoms with Crippen molar-refractivity contribution in [1.29, 1.82) is 0 Å². The predicted octanol–water partition coefficient (Wildman–Crippen LogP) is 2.14. The molecule has 0 aliphatic carbocycles. The van der Waals surface area contributed by atoms with Gasteiger partial charge in [-0.3, -0.25) is 14.6 Å². The van der Waals surface area contributed by atoms with Gasteiger partial charge in [0.2, 0.25) is 6.79 Å². The van der Waals surface area contributed by atoms with E-state index in [4.69, 9.17) is 30.8 Å². The van der Waals surface area contributed by atoms with Gasteiger partial charge in [-0.25, -0.2) is 5.84 Å². The average Bonchev–Trinajstić information content (AvgIpc) is 3.50. The highest BCUT2D eigenvalue weighted by Crippen LogP contribution is 2.36. The van der Waals surface area contributed by atoms with Crippen molar-refractivity contribution in [2.75, 3.05) is 13.3 Å². The summed E-state index contributed by atoms with van der Waals surface area (Å²) in [6.07, 6.45) is 6.32. The minimum atomic E-state index is -0.968. The summed E-state index contributed by atoms with van der Waals surface area (Å²) in [4.78, 5) is 29.2. The molecule has 0 radical (unpaired) electrons. The van der Waals surface area contributed by atoms with Crippen molar-refractivity contribution in [2.45, 2.75) is 52.4 Å². The number of dihydropyridines is 1. The number of carbonyl (C=O) groups excluding carboxylic acids is 1. The first-order valence-corrected chi connectivity index (χ1v) is 12.4. The van der Waals surface area contributed by atoms with Gasteiger partial charge in [-0.05, 0) is 36.6 Å². The van der Waals surface area contributed by atoms with Crippen LogP contribution in [0.4, 0.5) is 0 Å². The molecule has 38 heavy (non-hydrogen) atoms. The van der Waals surface area contributed by atoms with Crippen LogP contribution in [0.1, 0.15) is 56.0 Å². The van der Waals surface area contributed by atoms with Gasteiger partial charge < -0.3 is 34.6 Å². The van der Waals surface area contributed by atoms with Gasteiger partial charge in [-0.2, -0.15) is 0 Å². The fourth-order valence-corrected chi connectivity index (χ4v) is 4.66. The molecule has 0 bridgehead atoms. The molecule has 11 nitrogen and oxygen atoms in total. The van der Waals surface area contributed by atoms with Crippen LogP contribution >= 0.6 is 0 Å². The molecule has 202 valence electrons. The van der Waals surface area contributed by atoms with Gasteiger partial charge in [0, 0.05) is 36.5 Å². The van der Waals surface area contributed by atoms with E-state index in [1.807, 2.05) is 0 Å². The number of rotatable bonds is 11. The fraction of sp³-hybridized carbons (Fsp3) is 0.370. The van der Waals surface area contributed by atoms with Crippen molar-refractivity contribution in [2.24, 2.45) is 16.6 Å². The average molecular weight is 524 g/mol. The van der Waals surface area contributed by atoms with Crippen LogP contribution < -0.4 is 17.1 Å². The highest BCUT2D eigenvalue weighted by atomic mass is 16.7. The van der Waals surface area contributed by atoms with Crippen LogP contribution in [0.5, 0.6) is 0 Å². The maximum atomic E-state index is 13.5. The minimum absolute atomic E-state index is 0.0776. The van der Waals surface area contributed by atoms with E-state index in [2.05, 4.69) is 13.5 Å². The Labute approximate surface area is 220 Å². The molecule has 11 heteroatoms. The first kappa shape index (κ1) is 27.0. The Morgan fingerprint density at radius 1 is 1.39 bits per heavy atom. The van der Waals surface area contributed by atoms with Crippen LogP contribution in [0.15, 0.2) is 74.8 Å². The number of hydrazine groups is 1. The highest BCUT2D eigenvalue weighted by Gasteiger charge is 2.33. The molecule has 0 amide bonds. The topological polar surface area (TPSA) is 155 Å². The smallest absolute Gasteiger partial charge is 0.293 e. The lowest BCUT2D eigenvalue weighted by Crippen LogP contribution is -2.28. The molecule has 0 spiro atoms. The van der Waals surface area contributed by atoms with E-state index in [-0.39, 0.29) is 37.5 Å². The molecule has 0 saturated carbocycles. The number of nitrogens with two attached hydrogens (primary N) is 2. The number of pyridine rings is 1. The fourth-order valence-electron chi connectivity index (χ4n) is 4.66. The number of aromatic nitrogens is 1. The minimum Gasteiger partial charge on any atom is -0.463 e. The van der Waals surface area contributed by atoms with E-state index >= 15 is 0 Å². The maximum Gasteiger partial charge on any atom is 0.293 e. The van der Waals surface area contributed by atoms with Gasteiger partial charge in [0.25, 0.3) is 12.0 Å². The summed E-state index contributed by atoms with van der Waals surface area (Å²) in [5, 5.41) is 12.0. The molecule has 1 unspecified atom stereocenters. The van der Waals surface area contributed by atoms with Gasteiger partial charge in [0.15, 0.2) is 11.5 Å². The van der Waals surface area contributed by atoms with Gasteiger partial charge in [0.05, 0.1) is 35.3 Å². The van der Waals surface area contributed by atoms with Crippen molar-refractivity contribution < 1.29 is 24.1 Å². The predicted molar refractivity (Wildman–Crippen MR) is 141 cm³/mol. The number of unbranched alkanes of at least 4 members (excludes halogenated alkanes) is 1. The molecular weight excluding hydrogens is 490 g/mol. The molecule has 0 aromatic carbocycles. The van der Waals surface area contributed by atoms with Gasteiger partial charge in [-0.15, -0.1) is 0 Å². The van der Waals surface area contributed by atoms with E-state index in [9.17, 15) is 14.7 Å². The Morgan fingerprint density at radius 3 is 2.84 bits per heavy atom. The summed E-state index contributed by atoms with van der Waals surface area (Å²) >= 11 is 0. The summed E-state index contributed by atoms with van der Waals surface area (Å²) in [5.41, 5.74) is 10.5. The Bertz CT molecular complexity index is 1350. The zero-order valence-corrected chi connectivity index (χ0v) is 21.6. The van der Waals surface area contributed by atoms with E-state index in [0.717, 1.165) is 24.0 Å². The number of aliphatic imine (C=N–C) groups is 1. The van der Waals surface area contributed by atoms with Crippen LogP contribution in [0.25, 0.3) is 0 Å². The lowest BCUT2D eigenvalue weighted by molar-refractivity contribution is -0.129. The lowest BCUT2D eigenvalue weighted by atomic mass is 9.93. The van der Waals surface area contributed by atoms with Crippen LogP contribution in [0, 0.1) is 0 Å². The summed E-state index contributed by atoms with van der Waals surface area (Å²) in [6.45, 7) is 8.35. The first-order valence-electron chi connectivity index (χ1n) is 12.4. The number of aliphatic hydroxyl groups is 1. The molecular formula is C27H33N5O6. The Morgan fingerprint density at radius 2 is 2.16 bits per heavy atom. The van der Waals surface area contributed by atoms with Crippen LogP contribution in [0.2, 0.25) is 0 Å². The van der Waals surface area contributed by atoms with Crippen molar-refractivity contribution >= 4 is 12.2 Å². The SMILES string of the molecule is C=CC1=C(/C=C2\CC(/C(N)=C/N(N)CCCC)=C3Cn4c(cc(C(C)O)c(COC=O)c4=O)C3=N2)OCO1. The molecule has 4 heterocycles. The molecule has 3 aliphatic rings. The number of ether oxygens (including phenoxy) is 3. The van der Waals surface area contributed by atoms with Crippen LogP contribution in [0.3, 0.4) is 0 Å². The summed E-state index contributed by atoms with van der Waals surface area (Å²) in [5.74, 6) is 7.16. The van der Waals surface area contributed by atoms with Crippen molar-refractivity contribution in [3.8, 4) is 0 Å². The Kier molecular flexibility index (Phi) is 8.18. The number of nitrogens with zero attached hydrogens (tertiary/aromatic N) is 3. The second kappa shape index (κ2) is 11.5. The summed E-state index contributed by atoms with van der Waals surface area (Å²) < 4.78 is 17.4. The number of aliphatic hydroxyl groups excluding tert-OH is 1. The molecule has 5 N–H and O–H groups in total. The van der Waals surface area contributed by atoms with E-state index in [1.54, 1.807) is 40.9 Å². The second-order valence-electron chi connectivity index (χ2n) is 9.18. The highest BCUT2D eigenvalue weighted by molar-refractivity contribution is 6.15. The molecule has 1 atom stereocenters. The van der Waals surface area contributed by atoms with Gasteiger partial charge in [0.1, 0.15) is 6.61 Å². The third-order valence-electron chi connectivity index (χ3n) is 6.58. The first-order chi connectivity index (χ1) is 18.3. The molecule has 3 aliphatic heterocycles. The monoisotopic (exact) mass is 523 g/mol. The van der Waals surface area contributed by atoms with Crippen LogP contribution in [-0.2, 0) is 32.2 Å². The molecule has 4 rings (SSSR count). The second-order valence-corrected chi connectivity index (χ2v) is 9.18. The third kappa shape index (κ3) is 5.29. The largest absolute Gasteiger partial charge is 0.463 e. The van der Waals surface area contributed by atoms with E-state index in [0.29, 0.717) is 52.8 Å². The number of fused-ring (bicyclic) bond motifs is 3. The number of allylic oxidation sites excluding steroid dienone is 5. The van der Waals surface area contributed by atoms with Crippen molar-refractivity contribution in [3.05, 3.63) is 92.2 Å². The van der Waals surface area contributed by atoms with Crippen LogP contribution in [-0.4, -0.2) is 40.2 Å². The maximum absolute atomic E-state index is 13.5. The third-order valence-corrected chi connectivity index (χ3v) is 6.58. The normalized spacial score (nSPS) is 18.5. The quantitative estimate of drug-likeness (QED) is 0.225. The van der Waals surface area contributed by atoms with Crippen molar-refractivity contribution in [3.63, 3.8) is 0 Å². The number of carbonyl (C=O) groups is 1. The molecule has 0 fully saturated rings. The Hall–Kier alpha value is -4.09. The molecule has 1 aromatic rings. The molecule has 0 saturated heterocycles. The zero-order valence-electron chi connectivity index (χ0n) is 21.6. The molecule has 1 aromatic heterocycles. The standard InChI is InChI=1S/C27H33N5O6/c1-4-6-7-31(29)12-22(28)19-8-17(9-25-24(5-2)37-15-38-25)30-26-20(19)11-32-23(26)10-18(16(3)34)21(27(32)35)13-36-14-33/h5,9-10,12,14,16,34H,2,4,6-8,11,13,15,28-29H2,1,3H3/b17-9+,22-12-. The van der Waals surface area contributed by atoms with Gasteiger partial charge in [-0.1, -0.05) is 19.9 Å².